The molecule has 6 heteroatoms. The second-order valence-electron chi connectivity index (χ2n) is 13.0. The van der Waals surface area contributed by atoms with Crippen molar-refractivity contribution in [2.24, 2.45) is 0 Å². The monoisotopic (exact) mass is 682 g/mol. The van der Waals surface area contributed by atoms with Crippen LogP contribution in [-0.2, 0) is 0 Å². The van der Waals surface area contributed by atoms with Crippen LogP contribution in [0.2, 0.25) is 0 Å². The topological polar surface area (TPSA) is 64.7 Å². The van der Waals surface area contributed by atoms with Gasteiger partial charge in [-0.1, -0.05) is 109 Å². The van der Waals surface area contributed by atoms with Crippen LogP contribution in [0.1, 0.15) is 0 Å². The van der Waals surface area contributed by atoms with E-state index >= 15 is 0 Å². The molecule has 0 aliphatic rings. The van der Waals surface area contributed by atoms with Gasteiger partial charge in [0.1, 0.15) is 11.2 Å². The third-order valence-corrected chi connectivity index (χ3v) is 11.1. The first-order valence-corrected chi connectivity index (χ1v) is 18.0. The van der Waals surface area contributed by atoms with Crippen molar-refractivity contribution in [3.8, 4) is 45.4 Å². The van der Waals surface area contributed by atoms with Gasteiger partial charge in [-0.05, 0) is 59.3 Å². The number of fused-ring (bicyclic) bond motifs is 9. The molecule has 0 fully saturated rings. The molecule has 7 aromatic carbocycles. The minimum absolute atomic E-state index is 0.597. The summed E-state index contributed by atoms with van der Waals surface area (Å²) in [7, 11) is 0. The molecule has 0 radical (unpaired) electrons. The van der Waals surface area contributed by atoms with E-state index in [1.54, 1.807) is 11.3 Å². The predicted octanol–water partition coefficient (Wildman–Crippen LogP) is 12.5. The minimum Gasteiger partial charge on any atom is -0.455 e. The molecule has 4 aromatic heterocycles. The highest BCUT2D eigenvalue weighted by Crippen LogP contribution is 2.42. The first-order valence-electron chi connectivity index (χ1n) is 17.2. The molecule has 0 aliphatic heterocycles. The lowest BCUT2D eigenvalue weighted by Crippen LogP contribution is -2.00. The van der Waals surface area contributed by atoms with Gasteiger partial charge >= 0.3 is 0 Å². The van der Waals surface area contributed by atoms with Crippen LogP contribution in [0.4, 0.5) is 0 Å². The van der Waals surface area contributed by atoms with Gasteiger partial charge in [-0.2, -0.15) is 0 Å². The van der Waals surface area contributed by atoms with Crippen molar-refractivity contribution < 1.29 is 4.42 Å². The summed E-state index contributed by atoms with van der Waals surface area (Å²) in [5, 5.41) is 7.70. The van der Waals surface area contributed by atoms with Crippen LogP contribution in [0.25, 0.3) is 109 Å². The van der Waals surface area contributed by atoms with Crippen molar-refractivity contribution in [3.05, 3.63) is 158 Å². The maximum absolute atomic E-state index is 6.68. The summed E-state index contributed by atoms with van der Waals surface area (Å²) >= 11 is 1.77. The van der Waals surface area contributed by atoms with E-state index in [-0.39, 0.29) is 0 Å². The molecule has 242 valence electrons. The van der Waals surface area contributed by atoms with E-state index in [0.29, 0.717) is 17.5 Å². The minimum atomic E-state index is 0.597. The number of pyridine rings is 1. The molecule has 0 bridgehead atoms. The number of aromatic nitrogens is 4. The zero-order chi connectivity index (χ0) is 34.2. The van der Waals surface area contributed by atoms with Crippen LogP contribution in [0.5, 0.6) is 0 Å². The maximum atomic E-state index is 6.68. The van der Waals surface area contributed by atoms with Gasteiger partial charge in [-0.3, -0.25) is 0 Å². The van der Waals surface area contributed by atoms with E-state index in [1.807, 2.05) is 60.7 Å². The first kappa shape index (κ1) is 29.0. The number of hydrogen-bond donors (Lipinski definition) is 0. The summed E-state index contributed by atoms with van der Waals surface area (Å²) < 4.78 is 9.08. The van der Waals surface area contributed by atoms with E-state index in [1.165, 1.54) is 20.9 Å². The van der Waals surface area contributed by atoms with Crippen molar-refractivity contribution in [3.63, 3.8) is 0 Å². The average molecular weight is 683 g/mol. The van der Waals surface area contributed by atoms with Crippen LogP contribution >= 0.6 is 11.3 Å². The molecule has 4 heterocycles. The Bertz CT molecular complexity index is 3200. The summed E-state index contributed by atoms with van der Waals surface area (Å²) in [6, 6.07) is 54.4. The smallest absolute Gasteiger partial charge is 0.165 e. The molecule has 0 aliphatic carbocycles. The Morgan fingerprint density at radius 1 is 0.442 bits per heavy atom. The average Bonchev–Trinajstić information content (AvgIpc) is 3.79. The van der Waals surface area contributed by atoms with Gasteiger partial charge in [-0.25, -0.2) is 19.9 Å². The summed E-state index contributed by atoms with van der Waals surface area (Å²) in [4.78, 5) is 20.6. The molecule has 5 nitrogen and oxygen atoms in total. The molecule has 11 aromatic rings. The molecule has 0 amide bonds. The molecular formula is C46H26N4OS. The molecule has 0 unspecified atom stereocenters. The number of thiophene rings is 1. The summed E-state index contributed by atoms with van der Waals surface area (Å²) in [6.45, 7) is 0. The van der Waals surface area contributed by atoms with Gasteiger partial charge in [0.2, 0.25) is 0 Å². The van der Waals surface area contributed by atoms with Crippen LogP contribution in [0, 0.1) is 0 Å². The van der Waals surface area contributed by atoms with Crippen molar-refractivity contribution in [2.75, 3.05) is 0 Å². The molecule has 0 saturated heterocycles. The van der Waals surface area contributed by atoms with Crippen LogP contribution in [-0.4, -0.2) is 19.9 Å². The van der Waals surface area contributed by atoms with Crippen LogP contribution < -0.4 is 0 Å². The Hall–Kier alpha value is -6.76. The van der Waals surface area contributed by atoms with Gasteiger partial charge < -0.3 is 4.42 Å². The zero-order valence-corrected chi connectivity index (χ0v) is 28.4. The fourth-order valence-corrected chi connectivity index (χ4v) is 8.62. The van der Waals surface area contributed by atoms with Crippen molar-refractivity contribution in [2.45, 2.75) is 0 Å². The molecule has 11 rings (SSSR count). The molecule has 0 saturated carbocycles. The largest absolute Gasteiger partial charge is 0.455 e. The van der Waals surface area contributed by atoms with Gasteiger partial charge in [0.25, 0.3) is 0 Å². The number of benzene rings is 7. The van der Waals surface area contributed by atoms with E-state index in [0.717, 1.165) is 70.9 Å². The second kappa shape index (κ2) is 11.4. The van der Waals surface area contributed by atoms with Crippen LogP contribution in [0.3, 0.4) is 0 Å². The number of nitrogens with zero attached hydrogens (tertiary/aromatic N) is 4. The normalized spacial score (nSPS) is 11.8. The Morgan fingerprint density at radius 3 is 2.06 bits per heavy atom. The van der Waals surface area contributed by atoms with Crippen molar-refractivity contribution >= 4 is 75.1 Å². The second-order valence-corrected chi connectivity index (χ2v) is 14.1. The third kappa shape index (κ3) is 4.55. The van der Waals surface area contributed by atoms with E-state index in [2.05, 4.69) is 97.1 Å². The summed E-state index contributed by atoms with van der Waals surface area (Å²) in [5.74, 6) is 1.86. The highest BCUT2D eigenvalue weighted by atomic mass is 32.1. The van der Waals surface area contributed by atoms with Gasteiger partial charge in [0.15, 0.2) is 17.5 Å². The fraction of sp³-hybridized carbons (Fsp3) is 0. The lowest BCUT2D eigenvalue weighted by Gasteiger charge is -2.10. The van der Waals surface area contributed by atoms with E-state index in [4.69, 9.17) is 24.4 Å². The summed E-state index contributed by atoms with van der Waals surface area (Å²) in [6.07, 6.45) is 0. The number of rotatable bonds is 4. The van der Waals surface area contributed by atoms with E-state index in [9.17, 15) is 0 Å². The van der Waals surface area contributed by atoms with Gasteiger partial charge in [-0.15, -0.1) is 11.3 Å². The van der Waals surface area contributed by atoms with Crippen molar-refractivity contribution in [1.82, 2.24) is 19.9 Å². The number of furan rings is 1. The SMILES string of the molecule is c1ccc(-c2nc(-c3ccc4oc5c6ccccc6nc(-c6ccc7ccccc7c6)c5c4c3)nc(-c3cccc4c3sc3ccccc34)n2)cc1. The molecule has 0 N–H and O–H groups in total. The highest BCUT2D eigenvalue weighted by Gasteiger charge is 2.21. The highest BCUT2D eigenvalue weighted by molar-refractivity contribution is 7.26. The van der Waals surface area contributed by atoms with E-state index < -0.39 is 0 Å². The molecular weight excluding hydrogens is 657 g/mol. The Morgan fingerprint density at radius 2 is 1.15 bits per heavy atom. The Labute approximate surface area is 301 Å². The number of hydrogen-bond acceptors (Lipinski definition) is 6. The Balaban J connectivity index is 1.17. The first-order chi connectivity index (χ1) is 25.7. The lowest BCUT2D eigenvalue weighted by molar-refractivity contribution is 0.672. The standard InChI is InChI=1S/C46H26N4OS/c1-2-12-28(13-3-1)44-48-45(50-46(49-44)35-18-10-17-33-32-15-7-9-20-39(32)52-43(33)35)31-23-24-38-36(26-31)40-41(30-22-21-27-11-4-5-14-29(27)25-30)47-37-19-8-6-16-34(37)42(40)51-38/h1-26H. The predicted molar refractivity (Wildman–Crippen MR) is 215 cm³/mol. The van der Waals surface area contributed by atoms with Crippen molar-refractivity contribution in [1.29, 1.82) is 0 Å². The third-order valence-electron chi connectivity index (χ3n) is 9.90. The zero-order valence-electron chi connectivity index (χ0n) is 27.6. The fourth-order valence-electron chi connectivity index (χ4n) is 7.41. The Kier molecular flexibility index (Phi) is 6.35. The molecule has 0 spiro atoms. The van der Waals surface area contributed by atoms with Gasteiger partial charge in [0.05, 0.1) is 16.6 Å². The summed E-state index contributed by atoms with van der Waals surface area (Å²) in [5.41, 5.74) is 7.20. The molecule has 52 heavy (non-hydrogen) atoms. The quantitative estimate of drug-likeness (QED) is 0.185. The van der Waals surface area contributed by atoms with Crippen LogP contribution in [0.15, 0.2) is 162 Å². The lowest BCUT2D eigenvalue weighted by atomic mass is 9.99. The number of para-hydroxylation sites is 1. The van der Waals surface area contributed by atoms with Gasteiger partial charge in [0, 0.05) is 53.2 Å². The molecule has 0 atom stereocenters. The maximum Gasteiger partial charge on any atom is 0.165 e.